The molecular formula is C12H12INO. The van der Waals surface area contributed by atoms with Gasteiger partial charge in [0.15, 0.2) is 0 Å². The van der Waals surface area contributed by atoms with E-state index in [4.69, 9.17) is 4.52 Å². The van der Waals surface area contributed by atoms with E-state index in [1.165, 1.54) is 14.7 Å². The number of aryl methyl sites for hydroxylation is 2. The molecule has 0 saturated heterocycles. The third-order valence-corrected chi connectivity index (χ3v) is 3.51. The molecule has 2 rings (SSSR count). The molecule has 0 bridgehead atoms. The maximum absolute atomic E-state index is 5.21. The average molecular weight is 313 g/mol. The van der Waals surface area contributed by atoms with Crippen LogP contribution < -0.4 is 0 Å². The van der Waals surface area contributed by atoms with E-state index in [0.717, 1.165) is 17.0 Å². The molecule has 0 atom stereocenters. The SMILES string of the molecule is Cc1cccc(I)c1-c1noc(C)c1C. The number of rotatable bonds is 1. The summed E-state index contributed by atoms with van der Waals surface area (Å²) in [5.41, 5.74) is 4.52. The van der Waals surface area contributed by atoms with Gasteiger partial charge >= 0.3 is 0 Å². The van der Waals surface area contributed by atoms with Gasteiger partial charge in [0.05, 0.1) is 0 Å². The predicted octanol–water partition coefficient (Wildman–Crippen LogP) is 3.87. The van der Waals surface area contributed by atoms with Crippen molar-refractivity contribution < 1.29 is 4.52 Å². The van der Waals surface area contributed by atoms with Gasteiger partial charge in [0.25, 0.3) is 0 Å². The molecule has 1 aromatic heterocycles. The molecule has 0 aliphatic carbocycles. The van der Waals surface area contributed by atoms with Crippen molar-refractivity contribution in [1.29, 1.82) is 0 Å². The molecule has 0 aliphatic heterocycles. The number of hydrogen-bond donors (Lipinski definition) is 0. The van der Waals surface area contributed by atoms with Crippen molar-refractivity contribution in [2.24, 2.45) is 0 Å². The third kappa shape index (κ3) is 1.80. The Labute approximate surface area is 103 Å². The van der Waals surface area contributed by atoms with Crippen molar-refractivity contribution in [3.05, 3.63) is 38.7 Å². The largest absolute Gasteiger partial charge is 0.361 e. The van der Waals surface area contributed by atoms with E-state index >= 15 is 0 Å². The molecule has 0 unspecified atom stereocenters. The van der Waals surface area contributed by atoms with Crippen molar-refractivity contribution in [2.75, 3.05) is 0 Å². The number of nitrogens with zero attached hydrogens (tertiary/aromatic N) is 1. The quantitative estimate of drug-likeness (QED) is 0.747. The number of benzene rings is 1. The Bertz CT molecular complexity index is 482. The van der Waals surface area contributed by atoms with Crippen LogP contribution in [0.15, 0.2) is 22.7 Å². The minimum Gasteiger partial charge on any atom is -0.361 e. The van der Waals surface area contributed by atoms with Crippen LogP contribution in [0, 0.1) is 24.3 Å². The Balaban J connectivity index is 2.69. The molecule has 0 amide bonds. The van der Waals surface area contributed by atoms with Gasteiger partial charge in [0.1, 0.15) is 11.5 Å². The van der Waals surface area contributed by atoms with Gasteiger partial charge in [-0.15, -0.1) is 0 Å². The van der Waals surface area contributed by atoms with Gasteiger partial charge in [0.2, 0.25) is 0 Å². The van der Waals surface area contributed by atoms with Crippen LogP contribution in [0.4, 0.5) is 0 Å². The zero-order chi connectivity index (χ0) is 11.0. The first kappa shape index (κ1) is 10.7. The van der Waals surface area contributed by atoms with E-state index in [2.05, 4.69) is 52.9 Å². The maximum Gasteiger partial charge on any atom is 0.137 e. The summed E-state index contributed by atoms with van der Waals surface area (Å²) in [4.78, 5) is 0. The van der Waals surface area contributed by atoms with Crippen LogP contribution in [-0.4, -0.2) is 5.16 Å². The third-order valence-electron chi connectivity index (χ3n) is 2.62. The summed E-state index contributed by atoms with van der Waals surface area (Å²) in [6.45, 7) is 6.08. The Morgan fingerprint density at radius 3 is 2.47 bits per heavy atom. The lowest BCUT2D eigenvalue weighted by Gasteiger charge is -2.05. The van der Waals surface area contributed by atoms with E-state index in [9.17, 15) is 0 Å². The second-order valence-corrected chi connectivity index (χ2v) is 4.81. The van der Waals surface area contributed by atoms with E-state index < -0.39 is 0 Å². The predicted molar refractivity (Wildman–Crippen MR) is 68.9 cm³/mol. The first-order valence-electron chi connectivity index (χ1n) is 4.79. The lowest BCUT2D eigenvalue weighted by molar-refractivity contribution is 0.398. The minimum absolute atomic E-state index is 0.893. The fraction of sp³-hybridized carbons (Fsp3) is 0.250. The van der Waals surface area contributed by atoms with Gasteiger partial charge in [0, 0.05) is 14.7 Å². The molecule has 2 nitrogen and oxygen atoms in total. The van der Waals surface area contributed by atoms with Gasteiger partial charge in [-0.1, -0.05) is 17.3 Å². The molecule has 0 saturated carbocycles. The van der Waals surface area contributed by atoms with E-state index in [1.807, 2.05) is 13.8 Å². The second kappa shape index (κ2) is 3.96. The van der Waals surface area contributed by atoms with Crippen molar-refractivity contribution >= 4 is 22.6 Å². The molecule has 0 fully saturated rings. The van der Waals surface area contributed by atoms with Crippen LogP contribution >= 0.6 is 22.6 Å². The summed E-state index contributed by atoms with van der Waals surface area (Å²) < 4.78 is 6.42. The molecule has 3 heteroatoms. The average Bonchev–Trinajstić information content (AvgIpc) is 2.49. The van der Waals surface area contributed by atoms with Crippen LogP contribution in [0.5, 0.6) is 0 Å². The monoisotopic (exact) mass is 313 g/mol. The van der Waals surface area contributed by atoms with Crippen LogP contribution in [0.2, 0.25) is 0 Å². The molecule has 0 N–H and O–H groups in total. The Kier molecular flexibility index (Phi) is 2.82. The van der Waals surface area contributed by atoms with Gasteiger partial charge in [-0.05, 0) is 55.0 Å². The first-order valence-corrected chi connectivity index (χ1v) is 5.87. The molecule has 2 aromatic rings. The number of hydrogen-bond acceptors (Lipinski definition) is 2. The van der Waals surface area contributed by atoms with Crippen molar-refractivity contribution in [3.8, 4) is 11.3 Å². The van der Waals surface area contributed by atoms with Crippen molar-refractivity contribution in [1.82, 2.24) is 5.16 Å². The summed E-state index contributed by atoms with van der Waals surface area (Å²) in [5, 5.41) is 4.13. The minimum atomic E-state index is 0.893. The molecule has 15 heavy (non-hydrogen) atoms. The number of halogens is 1. The molecule has 0 aliphatic rings. The summed E-state index contributed by atoms with van der Waals surface area (Å²) in [6.07, 6.45) is 0. The van der Waals surface area contributed by atoms with E-state index in [0.29, 0.717) is 0 Å². The van der Waals surface area contributed by atoms with Crippen LogP contribution in [-0.2, 0) is 0 Å². The Hall–Kier alpha value is -0.840. The summed E-state index contributed by atoms with van der Waals surface area (Å²) in [7, 11) is 0. The topological polar surface area (TPSA) is 26.0 Å². The summed E-state index contributed by atoms with van der Waals surface area (Å²) in [5.74, 6) is 0.893. The van der Waals surface area contributed by atoms with Gasteiger partial charge < -0.3 is 4.52 Å². The molecular weight excluding hydrogens is 301 g/mol. The Morgan fingerprint density at radius 2 is 1.93 bits per heavy atom. The zero-order valence-electron chi connectivity index (χ0n) is 8.97. The second-order valence-electron chi connectivity index (χ2n) is 3.64. The summed E-state index contributed by atoms with van der Waals surface area (Å²) in [6, 6.07) is 6.25. The van der Waals surface area contributed by atoms with Gasteiger partial charge in [-0.25, -0.2) is 0 Å². The fourth-order valence-corrected chi connectivity index (χ4v) is 2.47. The van der Waals surface area contributed by atoms with Crippen LogP contribution in [0.25, 0.3) is 11.3 Å². The van der Waals surface area contributed by atoms with Gasteiger partial charge in [-0.3, -0.25) is 0 Å². The van der Waals surface area contributed by atoms with Gasteiger partial charge in [-0.2, -0.15) is 0 Å². The van der Waals surface area contributed by atoms with E-state index in [-0.39, 0.29) is 0 Å². The highest BCUT2D eigenvalue weighted by Gasteiger charge is 2.14. The first-order chi connectivity index (χ1) is 7.11. The lowest BCUT2D eigenvalue weighted by atomic mass is 10.0. The molecule has 1 heterocycles. The molecule has 0 spiro atoms. The highest BCUT2D eigenvalue weighted by molar-refractivity contribution is 14.1. The van der Waals surface area contributed by atoms with Crippen molar-refractivity contribution in [2.45, 2.75) is 20.8 Å². The number of aromatic nitrogens is 1. The van der Waals surface area contributed by atoms with E-state index in [1.54, 1.807) is 0 Å². The van der Waals surface area contributed by atoms with Crippen molar-refractivity contribution in [3.63, 3.8) is 0 Å². The molecule has 1 aromatic carbocycles. The summed E-state index contributed by atoms with van der Waals surface area (Å²) >= 11 is 2.33. The smallest absolute Gasteiger partial charge is 0.137 e. The van der Waals surface area contributed by atoms with Crippen LogP contribution in [0.1, 0.15) is 16.9 Å². The normalized spacial score (nSPS) is 10.7. The lowest BCUT2D eigenvalue weighted by Crippen LogP contribution is -1.89. The highest BCUT2D eigenvalue weighted by atomic mass is 127. The maximum atomic E-state index is 5.21. The molecule has 78 valence electrons. The standard InChI is InChI=1S/C12H12INO/c1-7-5-4-6-10(13)11(7)12-8(2)9(3)15-14-12/h4-6H,1-3H3. The highest BCUT2D eigenvalue weighted by Crippen LogP contribution is 2.31. The Morgan fingerprint density at radius 1 is 1.20 bits per heavy atom. The zero-order valence-corrected chi connectivity index (χ0v) is 11.1. The van der Waals surface area contributed by atoms with Crippen LogP contribution in [0.3, 0.4) is 0 Å². The molecule has 0 radical (unpaired) electrons. The fourth-order valence-electron chi connectivity index (χ4n) is 1.58.